The number of phenols is 4. The van der Waals surface area contributed by atoms with Crippen molar-refractivity contribution in [3.8, 4) is 34.5 Å². The average Bonchev–Trinajstić information content (AvgIpc) is 0.848. The summed E-state index contributed by atoms with van der Waals surface area (Å²) in [7, 11) is 3.23. The van der Waals surface area contributed by atoms with E-state index in [0.29, 0.717) is 71.6 Å². The largest absolute Gasteiger partial charge is 0.609 e. The van der Waals surface area contributed by atoms with Crippen molar-refractivity contribution >= 4 is 115 Å². The number of carboxylic acids is 2. The van der Waals surface area contributed by atoms with E-state index in [1.807, 2.05) is 80.6 Å². The number of aromatic amines is 1. The normalized spacial score (nSPS) is 12.1. The number of hydrogen-bond donors (Lipinski definition) is 13. The lowest BCUT2D eigenvalue weighted by atomic mass is 9.81. The van der Waals surface area contributed by atoms with Crippen molar-refractivity contribution < 1.29 is 74.1 Å². The summed E-state index contributed by atoms with van der Waals surface area (Å²) in [6, 6.07) is 33.5. The third-order valence-corrected chi connectivity index (χ3v) is 16.7. The number of pyridine rings is 1. The molecule has 0 saturated heterocycles. The zero-order valence-corrected chi connectivity index (χ0v) is 55.7. The number of carboxylic acid groups (broad SMARTS) is 2. The first-order valence-electron chi connectivity index (χ1n) is 29.2. The predicted octanol–water partition coefficient (Wildman–Crippen LogP) is 11.6. The Bertz CT molecular complexity index is 4120. The Kier molecular flexibility index (Phi) is 27.4. The molecule has 9 aromatic rings. The number of methoxy groups -OCH3 is 2. The van der Waals surface area contributed by atoms with Crippen LogP contribution in [0.4, 0.5) is 22.7 Å². The number of benzene rings is 7. The summed E-state index contributed by atoms with van der Waals surface area (Å²) in [5.74, 6) is -3.68. The number of nitrogens with zero attached hydrogens (tertiary/aromatic N) is 4. The molecule has 1 aliphatic carbocycles. The van der Waals surface area contributed by atoms with Crippen molar-refractivity contribution in [1.82, 2.24) is 25.6 Å². The van der Waals surface area contributed by atoms with Gasteiger partial charge in [-0.3, -0.25) is 19.6 Å². The maximum absolute atomic E-state index is 13.4. The number of H-pyrrole nitrogens is 1. The first-order valence-corrected chi connectivity index (χ1v) is 32.1. The van der Waals surface area contributed by atoms with Crippen molar-refractivity contribution in [3.63, 3.8) is 0 Å². The van der Waals surface area contributed by atoms with Crippen molar-refractivity contribution in [2.24, 2.45) is 10.2 Å². The van der Waals surface area contributed by atoms with E-state index in [4.69, 9.17) is 76.3 Å². The molecule has 0 fully saturated rings. The van der Waals surface area contributed by atoms with Crippen molar-refractivity contribution in [3.05, 3.63) is 205 Å². The molecule has 0 amide bonds. The number of carbonyl (C=O) groups is 4. The standard InChI is InChI=1S/C22H28N4O6.C17H19N3O3S.C14H10Cl4.C14H10N2O6/c27-11-9-23-5-7-25-13-1-2-14(26-8-6-24-10-12-28)18-17(13)21(31)19-15(29)3-4-16(30)20(19)22(18)32;1-10-8-18-15(11(2)16(10)23-4)9-24(21)17-19-13-6-5-12(22-3)7-14(13)20-17;15-10-7-5-9(6-8-10)13(14(17)18)11-3-1-2-4-12(11)16;17-11-3-1-7(5-9(11)13(19)20)15-16-8-2-4-12(18)10(6-8)14(21)22/h1-4,23-30H,5-12H2;5-8H,9H2,1-4H3,(H,19,20);1-8,13-14H;1-6,17-18H,(H,19,20)(H,21,22)/b;;;16-15+. The van der Waals surface area contributed by atoms with Crippen LogP contribution in [0, 0.1) is 13.8 Å². The number of fused-ring (bicyclic) bond motifs is 3. The van der Waals surface area contributed by atoms with Crippen LogP contribution in [-0.4, -0.2) is 155 Å². The summed E-state index contributed by atoms with van der Waals surface area (Å²) in [5.41, 5.74) is 6.42. The molecule has 2 aromatic heterocycles. The lowest BCUT2D eigenvalue weighted by molar-refractivity contribution is 0.0682. The molecule has 24 nitrogen and oxygen atoms in total. The van der Waals surface area contributed by atoms with Gasteiger partial charge >= 0.3 is 17.1 Å². The summed E-state index contributed by atoms with van der Waals surface area (Å²) in [4.78, 5) is 59.8. The van der Waals surface area contributed by atoms with Crippen LogP contribution in [0.3, 0.4) is 0 Å². The first-order chi connectivity index (χ1) is 46.0. The molecule has 2 heterocycles. The number of azo groups is 1. The third-order valence-electron chi connectivity index (χ3n) is 14.4. The van der Waals surface area contributed by atoms with Gasteiger partial charge in [-0.05, 0) is 116 Å². The number of alkyl halides is 2. The van der Waals surface area contributed by atoms with E-state index in [-0.39, 0.29) is 81.1 Å². The van der Waals surface area contributed by atoms with Crippen LogP contribution in [0.1, 0.15) is 86.4 Å². The second-order valence-electron chi connectivity index (χ2n) is 20.8. The predicted molar refractivity (Wildman–Crippen MR) is 368 cm³/mol. The fourth-order valence-corrected chi connectivity index (χ4v) is 11.8. The van der Waals surface area contributed by atoms with Crippen LogP contribution < -0.4 is 30.7 Å². The summed E-state index contributed by atoms with van der Waals surface area (Å²) in [6.45, 7) is 6.67. The van der Waals surface area contributed by atoms with E-state index >= 15 is 0 Å². The molecule has 0 saturated carbocycles. The molecule has 29 heteroatoms. The number of ether oxygens (including phenoxy) is 2. The van der Waals surface area contributed by atoms with Crippen molar-refractivity contribution in [1.29, 1.82) is 0 Å². The SMILES string of the molecule is COc1ccc2[nH]c([S+]([O-])Cc3ncc(C)c(OC)c3C)nc2c1.Clc1ccc(C(c2ccccc2Cl)C(Cl)Cl)cc1.O=C(O)c1cc(/N=N/c2ccc(O)c(C(=O)O)c2)ccc1O.O=C1c2c(O)ccc(O)c2C(=O)c2c(NCCNCCO)ccc(NCCNCCO)c21. The smallest absolute Gasteiger partial charge is 0.339 e. The molecule has 2 atom stereocenters. The number of phenolic OH excluding ortho intramolecular Hbond substituents is 2. The van der Waals surface area contributed by atoms with Gasteiger partial charge in [-0.1, -0.05) is 53.5 Å². The van der Waals surface area contributed by atoms with Gasteiger partial charge in [0.1, 0.15) is 50.5 Å². The number of aryl methyl sites for hydroxylation is 1. The summed E-state index contributed by atoms with van der Waals surface area (Å²) < 4.78 is 23.3. The molecule has 2 unspecified atom stereocenters. The minimum atomic E-state index is -1.33. The van der Waals surface area contributed by atoms with E-state index in [1.54, 1.807) is 32.5 Å². The molecule has 504 valence electrons. The van der Waals surface area contributed by atoms with E-state index in [9.17, 15) is 44.2 Å². The van der Waals surface area contributed by atoms with Crippen LogP contribution in [0.25, 0.3) is 11.0 Å². The minimum absolute atomic E-state index is 0.00939. The lowest BCUT2D eigenvalue weighted by Gasteiger charge is -2.25. The monoisotopic (exact) mass is 1410 g/mol. The Morgan fingerprint density at radius 2 is 1.17 bits per heavy atom. The second-order valence-corrected chi connectivity index (χ2v) is 24.2. The number of ketones is 2. The van der Waals surface area contributed by atoms with Gasteiger partial charge in [0.05, 0.1) is 77.8 Å². The maximum atomic E-state index is 13.4. The Morgan fingerprint density at radius 3 is 1.65 bits per heavy atom. The highest BCUT2D eigenvalue weighted by atomic mass is 35.5. The number of aliphatic hydroxyl groups excluding tert-OH is 2. The molecule has 1 aliphatic rings. The van der Waals surface area contributed by atoms with Crippen LogP contribution >= 0.6 is 46.4 Å². The molecule has 96 heavy (non-hydrogen) atoms. The fourth-order valence-electron chi connectivity index (χ4n) is 9.73. The molecule has 0 aliphatic heterocycles. The van der Waals surface area contributed by atoms with Gasteiger partial charge in [0, 0.05) is 101 Å². The topological polar surface area (TPSA) is 386 Å². The van der Waals surface area contributed by atoms with Gasteiger partial charge in [0.25, 0.3) is 0 Å². The average molecular weight is 1410 g/mol. The highest BCUT2D eigenvalue weighted by molar-refractivity contribution is 7.90. The number of aromatic carboxylic acids is 2. The number of aromatic hydroxyl groups is 4. The molecule has 0 spiro atoms. The van der Waals surface area contributed by atoms with E-state index in [0.717, 1.165) is 69.0 Å². The fraction of sp³-hybridized carbons (Fsp3) is 0.224. The summed E-state index contributed by atoms with van der Waals surface area (Å²) in [5, 5.41) is 96.4. The molecule has 13 N–H and O–H groups in total. The quantitative estimate of drug-likeness (QED) is 0.00878. The molecular formula is C67H67Cl4N9O15S. The Balaban J connectivity index is 0.000000184. The van der Waals surface area contributed by atoms with Crippen molar-refractivity contribution in [2.45, 2.75) is 35.5 Å². The molecule has 10 rings (SSSR count). The second kappa shape index (κ2) is 35.5. The summed E-state index contributed by atoms with van der Waals surface area (Å²) in [6.07, 6.45) is 1.74. The van der Waals surface area contributed by atoms with Gasteiger partial charge in [0.2, 0.25) is 11.6 Å². The van der Waals surface area contributed by atoms with Gasteiger partial charge in [0.15, 0.2) is 5.75 Å². The Labute approximate surface area is 573 Å². The zero-order valence-electron chi connectivity index (χ0n) is 51.9. The van der Waals surface area contributed by atoms with Crippen LogP contribution in [0.5, 0.6) is 34.5 Å². The van der Waals surface area contributed by atoms with Crippen molar-refractivity contribution in [2.75, 3.05) is 77.3 Å². The molecule has 0 bridgehead atoms. The lowest BCUT2D eigenvalue weighted by Crippen LogP contribution is -2.28. The minimum Gasteiger partial charge on any atom is -0.609 e. The third kappa shape index (κ3) is 19.0. The van der Waals surface area contributed by atoms with E-state index < -0.39 is 51.0 Å². The number of aromatic nitrogens is 3. The number of nitrogens with one attached hydrogen (secondary N) is 5. The zero-order chi connectivity index (χ0) is 69.8. The van der Waals surface area contributed by atoms with Gasteiger partial charge < -0.3 is 76.1 Å². The number of carbonyl (C=O) groups excluding carboxylic acids is 2. The summed E-state index contributed by atoms with van der Waals surface area (Å²) >= 11 is 23.0. The van der Waals surface area contributed by atoms with Gasteiger partial charge in [-0.2, -0.15) is 15.2 Å². The number of rotatable bonds is 24. The molecular weight excluding hydrogens is 1340 g/mol. The number of hydrogen-bond acceptors (Lipinski definition) is 21. The van der Waals surface area contributed by atoms with Crippen LogP contribution in [0.2, 0.25) is 10.0 Å². The Hall–Kier alpha value is -9.25. The molecule has 0 radical (unpaired) electrons. The first kappa shape index (κ1) is 74.1. The molecule has 7 aromatic carbocycles. The highest BCUT2D eigenvalue weighted by Gasteiger charge is 2.38. The number of halogens is 4. The van der Waals surface area contributed by atoms with Gasteiger partial charge in [-0.15, -0.1) is 23.2 Å². The van der Waals surface area contributed by atoms with Crippen LogP contribution in [-0.2, 0) is 16.9 Å². The highest BCUT2D eigenvalue weighted by Crippen LogP contribution is 2.43. The van der Waals surface area contributed by atoms with E-state index in [1.165, 1.54) is 24.3 Å². The van der Waals surface area contributed by atoms with Gasteiger partial charge in [-0.25, -0.2) is 9.59 Å². The van der Waals surface area contributed by atoms with E-state index in [2.05, 4.69) is 46.4 Å². The Morgan fingerprint density at radius 1 is 0.646 bits per heavy atom. The number of imidazole rings is 1. The number of aliphatic hydroxyl groups is 2. The maximum Gasteiger partial charge on any atom is 0.339 e. The van der Waals surface area contributed by atoms with Crippen LogP contribution in [0.15, 0.2) is 149 Å². The number of anilines is 2.